The molecule has 0 saturated heterocycles. The van der Waals surface area contributed by atoms with Gasteiger partial charge in [-0.3, -0.25) is 15.4 Å². The van der Waals surface area contributed by atoms with E-state index in [0.717, 1.165) is 19.0 Å². The highest BCUT2D eigenvalue weighted by atomic mass is 35.5. The Morgan fingerprint density at radius 3 is 2.70 bits per heavy atom. The first kappa shape index (κ1) is 17.3. The summed E-state index contributed by atoms with van der Waals surface area (Å²) in [6.07, 6.45) is 2.30. The summed E-state index contributed by atoms with van der Waals surface area (Å²) in [7, 11) is 0. The van der Waals surface area contributed by atoms with Gasteiger partial charge in [-0.1, -0.05) is 11.6 Å². The number of rotatable bonds is 5. The molecule has 0 atom stereocenters. The van der Waals surface area contributed by atoms with Gasteiger partial charge in [-0.25, -0.2) is 9.78 Å². The van der Waals surface area contributed by atoms with Gasteiger partial charge in [0.15, 0.2) is 16.6 Å². The van der Waals surface area contributed by atoms with Crippen molar-refractivity contribution in [2.75, 3.05) is 11.9 Å². The number of anilines is 1. The fourth-order valence-electron chi connectivity index (χ4n) is 1.70. The van der Waals surface area contributed by atoms with Crippen molar-refractivity contribution < 1.29 is 19.2 Å². The van der Waals surface area contributed by atoms with E-state index in [0.29, 0.717) is 12.5 Å². The second kappa shape index (κ2) is 6.57. The van der Waals surface area contributed by atoms with E-state index in [1.807, 2.05) is 0 Å². The van der Waals surface area contributed by atoms with Crippen LogP contribution in [0.4, 0.5) is 16.3 Å². The molecular weight excluding hydrogens is 326 g/mol. The predicted molar refractivity (Wildman–Crippen MR) is 84.0 cm³/mol. The van der Waals surface area contributed by atoms with Crippen LogP contribution >= 0.6 is 11.6 Å². The van der Waals surface area contributed by atoms with Gasteiger partial charge in [-0.15, -0.1) is 0 Å². The molecule has 0 aromatic carbocycles. The number of pyridine rings is 1. The third-order valence-corrected chi connectivity index (χ3v) is 3.30. The Bertz CT molecular complexity index is 626. The third-order valence-electron chi connectivity index (χ3n) is 2.93. The van der Waals surface area contributed by atoms with Gasteiger partial charge in [0.2, 0.25) is 0 Å². The van der Waals surface area contributed by atoms with E-state index in [1.54, 1.807) is 20.8 Å². The summed E-state index contributed by atoms with van der Waals surface area (Å²) in [4.78, 5) is 26.0. The van der Waals surface area contributed by atoms with Crippen LogP contribution in [0.15, 0.2) is 6.20 Å². The summed E-state index contributed by atoms with van der Waals surface area (Å²) in [6, 6.07) is 0. The highest BCUT2D eigenvalue weighted by Gasteiger charge is 2.28. The Labute approximate surface area is 138 Å². The van der Waals surface area contributed by atoms with Crippen LogP contribution in [0.5, 0.6) is 5.75 Å². The zero-order chi connectivity index (χ0) is 17.2. The third kappa shape index (κ3) is 4.95. The summed E-state index contributed by atoms with van der Waals surface area (Å²) in [6.45, 7) is 5.51. The van der Waals surface area contributed by atoms with Gasteiger partial charge in [0.05, 0.1) is 11.5 Å². The maximum Gasteiger partial charge on any atom is 0.413 e. The molecule has 1 aliphatic rings. The molecule has 2 rings (SSSR count). The Balaban J connectivity index is 2.23. The number of ether oxygens (including phenoxy) is 2. The standard InChI is InChI=1S/C14H18ClN3O5/c1-14(2,3)23-13(19)17-12-11(22-7-8-4-5-8)10(15)9(6-16-12)18(20)21/h6,8H,4-5,7H2,1-3H3,(H,16,17,19). The summed E-state index contributed by atoms with van der Waals surface area (Å²) >= 11 is 6.03. The zero-order valence-electron chi connectivity index (χ0n) is 13.1. The highest BCUT2D eigenvalue weighted by Crippen LogP contribution is 2.40. The maximum atomic E-state index is 11.9. The monoisotopic (exact) mass is 343 g/mol. The van der Waals surface area contributed by atoms with Gasteiger partial charge in [0.1, 0.15) is 11.8 Å². The van der Waals surface area contributed by atoms with Crippen LogP contribution in [0.25, 0.3) is 0 Å². The maximum absolute atomic E-state index is 11.9. The number of nitrogens with one attached hydrogen (secondary N) is 1. The fourth-order valence-corrected chi connectivity index (χ4v) is 1.96. The van der Waals surface area contributed by atoms with Crippen molar-refractivity contribution in [1.29, 1.82) is 0 Å². The van der Waals surface area contributed by atoms with Crippen LogP contribution in [-0.2, 0) is 4.74 Å². The predicted octanol–water partition coefficient (Wildman–Crippen LogP) is 3.78. The van der Waals surface area contributed by atoms with E-state index in [1.165, 1.54) is 0 Å². The molecule has 126 valence electrons. The topological polar surface area (TPSA) is 104 Å². The molecule has 1 heterocycles. The van der Waals surface area contributed by atoms with Crippen molar-refractivity contribution in [2.24, 2.45) is 5.92 Å². The average molecular weight is 344 g/mol. The second-order valence-electron chi connectivity index (χ2n) is 6.27. The van der Waals surface area contributed by atoms with E-state index >= 15 is 0 Å². The van der Waals surface area contributed by atoms with Gasteiger partial charge in [-0.05, 0) is 39.5 Å². The Morgan fingerprint density at radius 2 is 2.17 bits per heavy atom. The van der Waals surface area contributed by atoms with Gasteiger partial charge < -0.3 is 9.47 Å². The Kier molecular flexibility index (Phi) is 4.93. The van der Waals surface area contributed by atoms with Crippen LogP contribution in [0.2, 0.25) is 5.02 Å². The minimum Gasteiger partial charge on any atom is -0.488 e. The largest absolute Gasteiger partial charge is 0.488 e. The van der Waals surface area contributed by atoms with Crippen molar-refractivity contribution in [3.05, 3.63) is 21.3 Å². The van der Waals surface area contributed by atoms with E-state index in [-0.39, 0.29) is 22.3 Å². The molecule has 1 aliphatic carbocycles. The number of nitro groups is 1. The molecule has 1 aromatic rings. The number of nitrogens with zero attached hydrogens (tertiary/aromatic N) is 2. The molecule has 1 amide bonds. The first-order chi connectivity index (χ1) is 10.7. The lowest BCUT2D eigenvalue weighted by Crippen LogP contribution is -2.27. The SMILES string of the molecule is CC(C)(C)OC(=O)Nc1ncc([N+](=O)[O-])c(Cl)c1OCC1CC1. The van der Waals surface area contributed by atoms with Crippen molar-refractivity contribution in [3.63, 3.8) is 0 Å². The van der Waals surface area contributed by atoms with Crippen LogP contribution in [0, 0.1) is 16.0 Å². The fraction of sp³-hybridized carbons (Fsp3) is 0.571. The van der Waals surface area contributed by atoms with E-state index in [9.17, 15) is 14.9 Å². The minimum absolute atomic E-state index is 0.00417. The lowest BCUT2D eigenvalue weighted by molar-refractivity contribution is -0.385. The molecule has 0 aliphatic heterocycles. The number of amides is 1. The summed E-state index contributed by atoms with van der Waals surface area (Å²) < 4.78 is 10.7. The molecule has 0 unspecified atom stereocenters. The average Bonchev–Trinajstić information content (AvgIpc) is 3.19. The zero-order valence-corrected chi connectivity index (χ0v) is 13.8. The van der Waals surface area contributed by atoms with Gasteiger partial charge in [0.25, 0.3) is 0 Å². The van der Waals surface area contributed by atoms with Crippen LogP contribution in [0.3, 0.4) is 0 Å². The van der Waals surface area contributed by atoms with Crippen molar-refractivity contribution in [2.45, 2.75) is 39.2 Å². The molecule has 0 radical (unpaired) electrons. The van der Waals surface area contributed by atoms with Crippen LogP contribution < -0.4 is 10.1 Å². The first-order valence-electron chi connectivity index (χ1n) is 7.13. The smallest absolute Gasteiger partial charge is 0.413 e. The van der Waals surface area contributed by atoms with Crippen molar-refractivity contribution in [3.8, 4) is 5.75 Å². The summed E-state index contributed by atoms with van der Waals surface area (Å²) in [5.74, 6) is 0.383. The minimum atomic E-state index is -0.744. The van der Waals surface area contributed by atoms with Crippen LogP contribution in [-0.4, -0.2) is 28.2 Å². The van der Waals surface area contributed by atoms with Crippen molar-refractivity contribution >= 4 is 29.2 Å². The number of carbonyl (C=O) groups excluding carboxylic acids is 1. The molecule has 1 N–H and O–H groups in total. The van der Waals surface area contributed by atoms with Gasteiger partial charge in [-0.2, -0.15) is 0 Å². The summed E-state index contributed by atoms with van der Waals surface area (Å²) in [5, 5.41) is 13.2. The first-order valence-corrected chi connectivity index (χ1v) is 7.51. The van der Waals surface area contributed by atoms with E-state index < -0.39 is 16.6 Å². The number of hydrogen-bond acceptors (Lipinski definition) is 6. The molecule has 9 heteroatoms. The molecule has 1 aromatic heterocycles. The quantitative estimate of drug-likeness (QED) is 0.644. The Hall–Kier alpha value is -2.09. The summed E-state index contributed by atoms with van der Waals surface area (Å²) in [5.41, 5.74) is -1.07. The Morgan fingerprint density at radius 1 is 1.52 bits per heavy atom. The number of carbonyl (C=O) groups is 1. The van der Waals surface area contributed by atoms with E-state index in [4.69, 9.17) is 21.1 Å². The van der Waals surface area contributed by atoms with E-state index in [2.05, 4.69) is 10.3 Å². The number of hydrogen-bond donors (Lipinski definition) is 1. The van der Waals surface area contributed by atoms with Gasteiger partial charge in [0, 0.05) is 0 Å². The number of halogens is 1. The highest BCUT2D eigenvalue weighted by molar-refractivity contribution is 6.34. The normalized spacial score (nSPS) is 14.3. The molecule has 0 bridgehead atoms. The van der Waals surface area contributed by atoms with Crippen LogP contribution in [0.1, 0.15) is 33.6 Å². The molecule has 1 fully saturated rings. The lowest BCUT2D eigenvalue weighted by Gasteiger charge is -2.20. The number of aromatic nitrogens is 1. The molecule has 8 nitrogen and oxygen atoms in total. The van der Waals surface area contributed by atoms with Gasteiger partial charge >= 0.3 is 11.8 Å². The molecule has 0 spiro atoms. The molecule has 23 heavy (non-hydrogen) atoms. The van der Waals surface area contributed by atoms with Crippen molar-refractivity contribution in [1.82, 2.24) is 4.98 Å². The molecule has 1 saturated carbocycles. The second-order valence-corrected chi connectivity index (χ2v) is 6.65. The molecular formula is C14H18ClN3O5. The lowest BCUT2D eigenvalue weighted by atomic mass is 10.2.